The normalized spacial score (nSPS) is 12.7. The molecule has 280 valence electrons. The van der Waals surface area contributed by atoms with Crippen molar-refractivity contribution in [1.29, 1.82) is 0 Å². The molecule has 9 aromatic carbocycles. The van der Waals surface area contributed by atoms with Gasteiger partial charge in [-0.25, -0.2) is 0 Å². The molecule has 0 saturated heterocycles. The average molecular weight is 747 g/mol. The Hall–Kier alpha value is -6.64. The fraction of sp³-hybridized carbons (Fsp3) is 0.143. The van der Waals surface area contributed by atoms with Gasteiger partial charge in [-0.05, 0) is 144 Å². The number of nitrogens with zero attached hydrogens (tertiary/aromatic N) is 2. The van der Waals surface area contributed by atoms with E-state index in [2.05, 4.69) is 221 Å². The van der Waals surface area contributed by atoms with Crippen LogP contribution in [0.5, 0.6) is 0 Å². The van der Waals surface area contributed by atoms with Gasteiger partial charge >= 0.3 is 0 Å². The van der Waals surface area contributed by atoms with Gasteiger partial charge < -0.3 is 9.47 Å². The first-order chi connectivity index (χ1) is 28.0. The molecule has 11 rings (SSSR count). The zero-order valence-corrected chi connectivity index (χ0v) is 34.1. The fourth-order valence-corrected chi connectivity index (χ4v) is 9.50. The molecule has 0 atom stereocenters. The molecule has 2 heteroatoms. The fourth-order valence-electron chi connectivity index (χ4n) is 9.50. The van der Waals surface area contributed by atoms with Gasteiger partial charge in [0.1, 0.15) is 0 Å². The van der Waals surface area contributed by atoms with Crippen LogP contribution in [0.2, 0.25) is 0 Å². The number of anilines is 3. The predicted octanol–water partition coefficient (Wildman–Crippen LogP) is 16.0. The number of hydrogen-bond donors (Lipinski definition) is 0. The quantitative estimate of drug-likeness (QED) is 0.174. The molecule has 0 amide bonds. The van der Waals surface area contributed by atoms with Gasteiger partial charge in [0.25, 0.3) is 0 Å². The second-order valence-corrected chi connectivity index (χ2v) is 18.3. The Labute approximate surface area is 340 Å². The third kappa shape index (κ3) is 5.32. The minimum absolute atomic E-state index is 0.0699. The molecular weight excluding hydrogens is 701 g/mol. The summed E-state index contributed by atoms with van der Waals surface area (Å²) in [5, 5.41) is 10.1. The van der Waals surface area contributed by atoms with Crippen LogP contribution in [-0.4, -0.2) is 4.57 Å². The maximum atomic E-state index is 2.50. The van der Waals surface area contributed by atoms with Crippen LogP contribution in [0.4, 0.5) is 17.1 Å². The third-order valence-corrected chi connectivity index (χ3v) is 12.5. The molecular formula is C56H46N2. The molecule has 2 nitrogen and oxygen atoms in total. The molecule has 0 radical (unpaired) electrons. The maximum Gasteiger partial charge on any atom is 0.0577 e. The number of para-hydroxylation sites is 2. The lowest BCUT2D eigenvalue weighted by molar-refractivity contribution is 0.590. The molecule has 0 unspecified atom stereocenters. The first kappa shape index (κ1) is 34.6. The van der Waals surface area contributed by atoms with Crippen molar-refractivity contribution in [1.82, 2.24) is 4.57 Å². The Bertz CT molecular complexity index is 3240. The summed E-state index contributed by atoms with van der Waals surface area (Å²) in [6.45, 7) is 13.8. The minimum Gasteiger partial charge on any atom is -0.310 e. The van der Waals surface area contributed by atoms with E-state index >= 15 is 0 Å². The second-order valence-electron chi connectivity index (χ2n) is 18.3. The molecule has 1 aliphatic carbocycles. The molecule has 0 fully saturated rings. The van der Waals surface area contributed by atoms with Gasteiger partial charge in [0.15, 0.2) is 0 Å². The summed E-state index contributed by atoms with van der Waals surface area (Å²) in [5.41, 5.74) is 15.2. The molecule has 1 aromatic heterocycles. The summed E-state index contributed by atoms with van der Waals surface area (Å²) in [5.74, 6) is 0. The van der Waals surface area contributed by atoms with Crippen LogP contribution in [0.25, 0.3) is 82.1 Å². The molecule has 0 spiro atoms. The van der Waals surface area contributed by atoms with E-state index in [1.54, 1.807) is 0 Å². The Morgan fingerprint density at radius 1 is 0.379 bits per heavy atom. The summed E-state index contributed by atoms with van der Waals surface area (Å²) in [7, 11) is 0. The summed E-state index contributed by atoms with van der Waals surface area (Å²) in [6.07, 6.45) is 0. The van der Waals surface area contributed by atoms with E-state index in [4.69, 9.17) is 0 Å². The highest BCUT2D eigenvalue weighted by Gasteiger charge is 2.28. The summed E-state index contributed by atoms with van der Waals surface area (Å²) >= 11 is 0. The maximum absolute atomic E-state index is 2.50. The van der Waals surface area contributed by atoms with Crippen molar-refractivity contribution in [3.05, 3.63) is 181 Å². The predicted molar refractivity (Wildman–Crippen MR) is 250 cm³/mol. The van der Waals surface area contributed by atoms with E-state index < -0.39 is 0 Å². The summed E-state index contributed by atoms with van der Waals surface area (Å²) in [6, 6.07) is 63.8. The van der Waals surface area contributed by atoms with Crippen LogP contribution in [0.1, 0.15) is 52.7 Å². The molecule has 0 saturated carbocycles. The van der Waals surface area contributed by atoms with Crippen LogP contribution in [0.15, 0.2) is 170 Å². The van der Waals surface area contributed by atoms with Crippen LogP contribution in [0, 0.1) is 0 Å². The Morgan fingerprint density at radius 2 is 0.879 bits per heavy atom. The monoisotopic (exact) mass is 746 g/mol. The Morgan fingerprint density at radius 3 is 1.48 bits per heavy atom. The first-order valence-electron chi connectivity index (χ1n) is 20.6. The van der Waals surface area contributed by atoms with E-state index in [-0.39, 0.29) is 10.8 Å². The number of hydrogen-bond acceptors (Lipinski definition) is 1. The lowest BCUT2D eigenvalue weighted by Gasteiger charge is -2.34. The smallest absolute Gasteiger partial charge is 0.0577 e. The highest BCUT2D eigenvalue weighted by atomic mass is 15.1. The van der Waals surface area contributed by atoms with Gasteiger partial charge in [0.05, 0.1) is 16.7 Å². The van der Waals surface area contributed by atoms with Crippen molar-refractivity contribution in [2.75, 3.05) is 4.90 Å². The van der Waals surface area contributed by atoms with Gasteiger partial charge in [-0.15, -0.1) is 0 Å². The summed E-state index contributed by atoms with van der Waals surface area (Å²) in [4.78, 5) is 2.50. The largest absolute Gasteiger partial charge is 0.310 e. The minimum atomic E-state index is -0.0700. The highest BCUT2D eigenvalue weighted by Crippen LogP contribution is 2.52. The topological polar surface area (TPSA) is 8.17 Å². The van der Waals surface area contributed by atoms with E-state index in [1.807, 2.05) is 0 Å². The van der Waals surface area contributed by atoms with Crippen LogP contribution in [0.3, 0.4) is 0 Å². The standard InChI is InChI=1S/C56H46N2/c1-55(2,3)40-22-26-41(27-23-40)57(54-44-14-8-7-13-35(44)21-28-51(54)56(4,5)6)42-24-19-36-31-47-49(33-38(36)29-42)48-32-37-20-25-43(30-39(37)34-50(47)48)58-52-17-11-9-15-45(52)46-16-10-12-18-53(46)58/h7-34H,1-6H3. The number of fused-ring (bicyclic) bond motifs is 10. The van der Waals surface area contributed by atoms with Crippen molar-refractivity contribution < 1.29 is 0 Å². The van der Waals surface area contributed by atoms with E-state index in [1.165, 1.54) is 98.9 Å². The molecule has 1 aliphatic rings. The van der Waals surface area contributed by atoms with Gasteiger partial charge in [-0.1, -0.05) is 139 Å². The van der Waals surface area contributed by atoms with Crippen molar-refractivity contribution in [2.24, 2.45) is 0 Å². The number of aromatic nitrogens is 1. The van der Waals surface area contributed by atoms with E-state index in [0.29, 0.717) is 0 Å². The zero-order valence-electron chi connectivity index (χ0n) is 34.1. The Balaban J connectivity index is 1.04. The van der Waals surface area contributed by atoms with Crippen LogP contribution < -0.4 is 4.90 Å². The third-order valence-electron chi connectivity index (χ3n) is 12.5. The van der Waals surface area contributed by atoms with Crippen LogP contribution in [-0.2, 0) is 10.8 Å². The number of benzene rings is 9. The molecule has 58 heavy (non-hydrogen) atoms. The second kappa shape index (κ2) is 12.4. The Kier molecular flexibility index (Phi) is 7.41. The average Bonchev–Trinajstić information content (AvgIpc) is 3.56. The van der Waals surface area contributed by atoms with E-state index in [0.717, 1.165) is 11.4 Å². The number of rotatable bonds is 4. The molecule has 0 bridgehead atoms. The van der Waals surface area contributed by atoms with Crippen molar-refractivity contribution in [2.45, 2.75) is 52.4 Å². The van der Waals surface area contributed by atoms with E-state index in [9.17, 15) is 0 Å². The van der Waals surface area contributed by atoms with Gasteiger partial charge in [-0.2, -0.15) is 0 Å². The molecule has 0 aliphatic heterocycles. The van der Waals surface area contributed by atoms with Crippen molar-refractivity contribution in [3.63, 3.8) is 0 Å². The molecule has 1 heterocycles. The molecule has 10 aromatic rings. The summed E-state index contributed by atoms with van der Waals surface area (Å²) < 4.78 is 2.41. The van der Waals surface area contributed by atoms with Gasteiger partial charge in [-0.3, -0.25) is 0 Å². The lowest BCUT2D eigenvalue weighted by atomic mass is 9.78. The first-order valence-corrected chi connectivity index (χ1v) is 20.6. The van der Waals surface area contributed by atoms with Gasteiger partial charge in [0.2, 0.25) is 0 Å². The van der Waals surface area contributed by atoms with Crippen molar-refractivity contribution >= 4 is 71.2 Å². The van der Waals surface area contributed by atoms with Gasteiger partial charge in [0, 0.05) is 33.2 Å². The SMILES string of the molecule is CC(C)(C)c1ccc(N(c2ccc3cc4c(cc3c2)-c2cc3ccc(-n5c6ccccc6c6ccccc65)cc3cc2-4)c2c(C(C)(C)C)ccc3ccccc23)cc1. The zero-order chi connectivity index (χ0) is 39.5. The molecule has 0 N–H and O–H groups in total. The highest BCUT2D eigenvalue weighted by molar-refractivity contribution is 6.13. The van der Waals surface area contributed by atoms with Crippen LogP contribution >= 0.6 is 0 Å². The lowest BCUT2D eigenvalue weighted by Crippen LogP contribution is -2.20. The van der Waals surface area contributed by atoms with Crippen molar-refractivity contribution in [3.8, 4) is 27.9 Å².